The van der Waals surface area contributed by atoms with Crippen LogP contribution in [0, 0.1) is 6.92 Å². The molecule has 1 saturated heterocycles. The Bertz CT molecular complexity index is 404. The number of aromatic nitrogens is 2. The first-order valence-electron chi connectivity index (χ1n) is 5.82. The van der Waals surface area contributed by atoms with E-state index in [1.54, 1.807) is 4.68 Å². The minimum Gasteiger partial charge on any atom is -0.394 e. The number of hydrogen-bond acceptors (Lipinski definition) is 5. The van der Waals surface area contributed by atoms with Gasteiger partial charge in [-0.25, -0.2) is 0 Å². The van der Waals surface area contributed by atoms with E-state index in [0.717, 1.165) is 11.5 Å². The number of ether oxygens (including phenoxy) is 1. The molecule has 1 aliphatic heterocycles. The highest BCUT2D eigenvalue weighted by Gasteiger charge is 2.29. The number of nitrogens with zero attached hydrogens (tertiary/aromatic N) is 3. The van der Waals surface area contributed by atoms with Crippen LogP contribution >= 0.6 is 0 Å². The maximum Gasteiger partial charge on any atom is 0.150 e. The summed E-state index contributed by atoms with van der Waals surface area (Å²) < 4.78 is 7.31. The quantitative estimate of drug-likeness (QED) is 0.754. The van der Waals surface area contributed by atoms with Gasteiger partial charge in [0.15, 0.2) is 5.82 Å². The molecular weight excluding hydrogens is 220 g/mol. The van der Waals surface area contributed by atoms with Crippen LogP contribution in [0.4, 0.5) is 11.5 Å². The SMILES string of the molecule is Cc1nn(C)c(N2CC(CO)OCC2C)c1N. The summed E-state index contributed by atoms with van der Waals surface area (Å²) in [5, 5.41) is 13.5. The van der Waals surface area contributed by atoms with Crippen molar-refractivity contribution in [1.82, 2.24) is 9.78 Å². The van der Waals surface area contributed by atoms with Crippen LogP contribution in [0.1, 0.15) is 12.6 Å². The maximum atomic E-state index is 9.18. The summed E-state index contributed by atoms with van der Waals surface area (Å²) in [6, 6.07) is 0.231. The number of morpholine rings is 1. The van der Waals surface area contributed by atoms with E-state index in [0.29, 0.717) is 18.8 Å². The molecule has 1 aromatic rings. The van der Waals surface area contributed by atoms with E-state index in [4.69, 9.17) is 10.5 Å². The molecule has 0 spiro atoms. The van der Waals surface area contributed by atoms with Gasteiger partial charge in [0.1, 0.15) is 0 Å². The van der Waals surface area contributed by atoms with Crippen LogP contribution in [0.25, 0.3) is 0 Å². The van der Waals surface area contributed by atoms with Crippen molar-refractivity contribution in [2.45, 2.75) is 26.0 Å². The molecule has 1 aromatic heterocycles. The molecule has 17 heavy (non-hydrogen) atoms. The first kappa shape index (κ1) is 12.2. The summed E-state index contributed by atoms with van der Waals surface area (Å²) in [6.07, 6.45) is -0.152. The molecule has 0 aliphatic carbocycles. The van der Waals surface area contributed by atoms with Crippen LogP contribution in [-0.2, 0) is 11.8 Å². The van der Waals surface area contributed by atoms with Crippen LogP contribution in [0.5, 0.6) is 0 Å². The van der Waals surface area contributed by atoms with Crippen LogP contribution in [-0.4, -0.2) is 46.8 Å². The summed E-state index contributed by atoms with van der Waals surface area (Å²) in [6.45, 7) is 5.23. The normalized spacial score (nSPS) is 25.3. The number of nitrogens with two attached hydrogens (primary N) is 1. The number of aliphatic hydroxyl groups excluding tert-OH is 1. The molecule has 0 bridgehead atoms. The second-order valence-corrected chi connectivity index (χ2v) is 4.59. The van der Waals surface area contributed by atoms with E-state index >= 15 is 0 Å². The molecule has 2 heterocycles. The Kier molecular flexibility index (Phi) is 3.26. The molecule has 0 amide bonds. The molecule has 3 N–H and O–H groups in total. The van der Waals surface area contributed by atoms with Gasteiger partial charge in [-0.3, -0.25) is 4.68 Å². The molecule has 6 heteroatoms. The van der Waals surface area contributed by atoms with Gasteiger partial charge in [-0.05, 0) is 13.8 Å². The third kappa shape index (κ3) is 2.10. The molecule has 96 valence electrons. The fourth-order valence-corrected chi connectivity index (χ4v) is 2.23. The lowest BCUT2D eigenvalue weighted by Crippen LogP contribution is -2.50. The highest BCUT2D eigenvalue weighted by molar-refractivity contribution is 5.66. The van der Waals surface area contributed by atoms with Crippen molar-refractivity contribution in [2.24, 2.45) is 7.05 Å². The molecule has 2 atom stereocenters. The fraction of sp³-hybridized carbons (Fsp3) is 0.727. The van der Waals surface area contributed by atoms with Crippen molar-refractivity contribution in [3.8, 4) is 0 Å². The Morgan fingerprint density at radius 1 is 1.59 bits per heavy atom. The largest absolute Gasteiger partial charge is 0.394 e. The monoisotopic (exact) mass is 240 g/mol. The number of aliphatic hydroxyl groups is 1. The van der Waals surface area contributed by atoms with Gasteiger partial charge in [0.05, 0.1) is 36.7 Å². The number of nitrogen functional groups attached to an aromatic ring is 1. The first-order valence-corrected chi connectivity index (χ1v) is 5.82. The summed E-state index contributed by atoms with van der Waals surface area (Å²) in [5.74, 6) is 0.914. The van der Waals surface area contributed by atoms with E-state index < -0.39 is 0 Å². The lowest BCUT2D eigenvalue weighted by Gasteiger charge is -2.38. The highest BCUT2D eigenvalue weighted by atomic mass is 16.5. The van der Waals surface area contributed by atoms with E-state index in [1.807, 2.05) is 14.0 Å². The Labute approximate surface area is 101 Å². The van der Waals surface area contributed by atoms with E-state index in [9.17, 15) is 5.11 Å². The third-order valence-electron chi connectivity index (χ3n) is 3.22. The van der Waals surface area contributed by atoms with Gasteiger partial charge in [0.2, 0.25) is 0 Å². The van der Waals surface area contributed by atoms with Gasteiger partial charge in [0, 0.05) is 13.6 Å². The van der Waals surface area contributed by atoms with E-state index in [2.05, 4.69) is 16.9 Å². The molecule has 2 unspecified atom stereocenters. The smallest absolute Gasteiger partial charge is 0.150 e. The van der Waals surface area contributed by atoms with E-state index in [1.165, 1.54) is 0 Å². The number of hydrogen-bond donors (Lipinski definition) is 2. The van der Waals surface area contributed by atoms with Crippen molar-refractivity contribution in [3.63, 3.8) is 0 Å². The van der Waals surface area contributed by atoms with Gasteiger partial charge < -0.3 is 20.5 Å². The summed E-state index contributed by atoms with van der Waals surface area (Å²) in [5.41, 5.74) is 7.60. The van der Waals surface area contributed by atoms with Crippen LogP contribution < -0.4 is 10.6 Å². The topological polar surface area (TPSA) is 76.5 Å². The van der Waals surface area contributed by atoms with Crippen LogP contribution in [0.3, 0.4) is 0 Å². The molecular formula is C11H20N4O2. The van der Waals surface area contributed by atoms with Crippen LogP contribution in [0.2, 0.25) is 0 Å². The Hall–Kier alpha value is -1.27. The predicted molar refractivity (Wildman–Crippen MR) is 66.0 cm³/mol. The zero-order valence-corrected chi connectivity index (χ0v) is 10.6. The number of anilines is 2. The van der Waals surface area contributed by atoms with Crippen molar-refractivity contribution < 1.29 is 9.84 Å². The lowest BCUT2D eigenvalue weighted by molar-refractivity contribution is -0.0107. The zero-order chi connectivity index (χ0) is 12.6. The summed E-state index contributed by atoms with van der Waals surface area (Å²) >= 11 is 0. The van der Waals surface area contributed by atoms with Gasteiger partial charge in [0.25, 0.3) is 0 Å². The maximum absolute atomic E-state index is 9.18. The van der Waals surface area contributed by atoms with Crippen molar-refractivity contribution in [3.05, 3.63) is 5.69 Å². The Morgan fingerprint density at radius 2 is 2.29 bits per heavy atom. The Balaban J connectivity index is 2.30. The van der Waals surface area contributed by atoms with Gasteiger partial charge in [-0.1, -0.05) is 0 Å². The summed E-state index contributed by atoms with van der Waals surface area (Å²) in [7, 11) is 1.88. The molecule has 2 rings (SSSR count). The number of aryl methyl sites for hydroxylation is 2. The number of rotatable bonds is 2. The van der Waals surface area contributed by atoms with Crippen molar-refractivity contribution in [2.75, 3.05) is 30.4 Å². The minimum absolute atomic E-state index is 0.0277. The highest BCUT2D eigenvalue weighted by Crippen LogP contribution is 2.29. The second kappa shape index (κ2) is 4.54. The van der Waals surface area contributed by atoms with E-state index in [-0.39, 0.29) is 18.8 Å². The second-order valence-electron chi connectivity index (χ2n) is 4.59. The molecule has 1 aliphatic rings. The zero-order valence-electron chi connectivity index (χ0n) is 10.6. The molecule has 0 aromatic carbocycles. The first-order chi connectivity index (χ1) is 8.04. The van der Waals surface area contributed by atoms with Gasteiger partial charge >= 0.3 is 0 Å². The van der Waals surface area contributed by atoms with Crippen LogP contribution in [0.15, 0.2) is 0 Å². The average molecular weight is 240 g/mol. The predicted octanol–water partition coefficient (Wildman–Crippen LogP) is -0.103. The van der Waals surface area contributed by atoms with Gasteiger partial charge in [-0.2, -0.15) is 5.10 Å². The standard InChI is InChI=1S/C11H20N4O2/c1-7-6-17-9(5-16)4-15(7)11-10(12)8(2)13-14(11)3/h7,9,16H,4-6,12H2,1-3H3. The lowest BCUT2D eigenvalue weighted by atomic mass is 10.2. The average Bonchev–Trinajstić information content (AvgIpc) is 2.55. The summed E-state index contributed by atoms with van der Waals surface area (Å²) in [4.78, 5) is 2.15. The third-order valence-corrected chi connectivity index (χ3v) is 3.22. The molecule has 1 fully saturated rings. The molecule has 0 radical (unpaired) electrons. The van der Waals surface area contributed by atoms with Crippen molar-refractivity contribution in [1.29, 1.82) is 0 Å². The Morgan fingerprint density at radius 3 is 2.82 bits per heavy atom. The minimum atomic E-state index is -0.152. The molecule has 0 saturated carbocycles. The van der Waals surface area contributed by atoms with Crippen molar-refractivity contribution >= 4 is 11.5 Å². The fourth-order valence-electron chi connectivity index (χ4n) is 2.23. The van der Waals surface area contributed by atoms with Gasteiger partial charge in [-0.15, -0.1) is 0 Å². The molecule has 6 nitrogen and oxygen atoms in total.